The molecule has 0 spiro atoms. The van der Waals surface area contributed by atoms with Crippen molar-refractivity contribution < 1.29 is 33.6 Å². The van der Waals surface area contributed by atoms with Crippen molar-refractivity contribution in [2.24, 2.45) is 0 Å². The smallest absolute Gasteiger partial charge is 0.330 e. The highest BCUT2D eigenvalue weighted by Crippen LogP contribution is 2.49. The summed E-state index contributed by atoms with van der Waals surface area (Å²) in [5.74, 6) is 0.205. The fraction of sp³-hybridized carbons (Fsp3) is 0.550. The maximum Gasteiger partial charge on any atom is 0.330 e. The fourth-order valence-electron chi connectivity index (χ4n) is 4.43. The predicted octanol–water partition coefficient (Wildman–Crippen LogP) is -1.19. The highest BCUT2D eigenvalue weighted by Gasteiger charge is 2.42. The molecule has 5 rings (SSSR count). The molecule has 3 aromatic rings. The molecular weight excluding hydrogens is 545 g/mol. The van der Waals surface area contributed by atoms with Gasteiger partial charge in [0.25, 0.3) is 5.56 Å². The third-order valence-electron chi connectivity index (χ3n) is 6.39. The molecule has 2 fully saturated rings. The molecule has 4 unspecified atom stereocenters. The van der Waals surface area contributed by atoms with Gasteiger partial charge in [0.1, 0.15) is 36.5 Å². The van der Waals surface area contributed by atoms with Crippen LogP contribution in [0.25, 0.3) is 11.2 Å². The number of fused-ring (bicyclic) bond motifs is 1. The minimum absolute atomic E-state index is 0.0479. The van der Waals surface area contributed by atoms with Gasteiger partial charge in [-0.1, -0.05) is 0 Å². The molecule has 7 atom stereocenters. The number of hydrogen-bond acceptors (Lipinski definition) is 13. The van der Waals surface area contributed by atoms with Gasteiger partial charge in [0.05, 0.1) is 31.7 Å². The standard InChI is InChI=1S/C20H26N7O9PS/c1-9-4-26(20(31)25-19(9)30)14-2-10(29)13(35-14)6-33-37(32,38)36-11-3-15(34-12(11)5-28)27-8-24-16-17(21)22-7-23-18(16)27/h4,7-8,10-15,28-29H,2-3,5-6H2,1H3,(H,32,38)(H2,21,22,23)(H,25,30,31)/t10?,11?,12-,13-,14-,15?,37?/m1/s1. The summed E-state index contributed by atoms with van der Waals surface area (Å²) in [6.07, 6.45) is -0.787. The second-order valence-corrected chi connectivity index (χ2v) is 11.7. The van der Waals surface area contributed by atoms with E-state index in [0.29, 0.717) is 16.7 Å². The Labute approximate surface area is 219 Å². The molecule has 2 saturated heterocycles. The highest BCUT2D eigenvalue weighted by atomic mass is 32.5. The molecule has 5 heterocycles. The number of aromatic amines is 1. The summed E-state index contributed by atoms with van der Waals surface area (Å²) in [7, 11) is 0. The molecule has 3 aromatic heterocycles. The number of imidazole rings is 1. The molecule has 6 N–H and O–H groups in total. The number of nitrogens with zero attached hydrogens (tertiary/aromatic N) is 5. The van der Waals surface area contributed by atoms with Crippen LogP contribution in [0.3, 0.4) is 0 Å². The van der Waals surface area contributed by atoms with E-state index in [2.05, 4.69) is 19.9 Å². The van der Waals surface area contributed by atoms with Gasteiger partial charge in [-0.25, -0.2) is 19.7 Å². The van der Waals surface area contributed by atoms with E-state index in [0.717, 1.165) is 0 Å². The molecular formula is C20H26N7O9PS. The van der Waals surface area contributed by atoms with Crippen molar-refractivity contribution in [3.63, 3.8) is 0 Å². The highest BCUT2D eigenvalue weighted by molar-refractivity contribution is 8.07. The van der Waals surface area contributed by atoms with E-state index in [-0.39, 0.29) is 25.3 Å². The van der Waals surface area contributed by atoms with Gasteiger partial charge in [-0.05, 0) is 18.7 Å². The number of nitrogens with one attached hydrogen (secondary N) is 1. The molecule has 0 aliphatic carbocycles. The second-order valence-electron chi connectivity index (χ2n) is 8.95. The van der Waals surface area contributed by atoms with E-state index in [9.17, 15) is 24.7 Å². The van der Waals surface area contributed by atoms with Gasteiger partial charge in [-0.3, -0.25) is 18.9 Å². The van der Waals surface area contributed by atoms with Crippen LogP contribution in [0.15, 0.2) is 28.4 Å². The molecule has 0 aromatic carbocycles. The Morgan fingerprint density at radius 2 is 1.95 bits per heavy atom. The second kappa shape index (κ2) is 10.5. The molecule has 38 heavy (non-hydrogen) atoms. The van der Waals surface area contributed by atoms with Crippen molar-refractivity contribution in [1.29, 1.82) is 0 Å². The molecule has 16 nitrogen and oxygen atoms in total. The van der Waals surface area contributed by atoms with Crippen molar-refractivity contribution >= 4 is 35.5 Å². The Bertz CT molecular complexity index is 1500. The Morgan fingerprint density at radius 3 is 2.71 bits per heavy atom. The number of rotatable bonds is 8. The maximum absolute atomic E-state index is 12.2. The third kappa shape index (κ3) is 5.29. The number of nitrogen functional groups attached to an aromatic ring is 1. The molecule has 18 heteroatoms. The van der Waals surface area contributed by atoms with Gasteiger partial charge in [-0.2, -0.15) is 0 Å². The molecule has 0 radical (unpaired) electrons. The quantitative estimate of drug-likeness (QED) is 0.201. The zero-order valence-corrected chi connectivity index (χ0v) is 21.7. The van der Waals surface area contributed by atoms with Crippen molar-refractivity contribution in [1.82, 2.24) is 29.1 Å². The number of anilines is 1. The van der Waals surface area contributed by atoms with Crippen molar-refractivity contribution in [3.05, 3.63) is 45.3 Å². The minimum atomic E-state index is -3.88. The average molecular weight is 572 g/mol. The number of ether oxygens (including phenoxy) is 2. The van der Waals surface area contributed by atoms with Crippen LogP contribution in [0.1, 0.15) is 30.9 Å². The Morgan fingerprint density at radius 1 is 1.21 bits per heavy atom. The van der Waals surface area contributed by atoms with Gasteiger partial charge in [-0.15, -0.1) is 0 Å². The van der Waals surface area contributed by atoms with E-state index in [4.69, 9.17) is 36.1 Å². The van der Waals surface area contributed by atoms with Gasteiger partial charge < -0.3 is 39.4 Å². The van der Waals surface area contributed by atoms with Crippen LogP contribution in [0.5, 0.6) is 0 Å². The summed E-state index contributed by atoms with van der Waals surface area (Å²) in [4.78, 5) is 49.0. The van der Waals surface area contributed by atoms with Gasteiger partial charge in [0.2, 0.25) is 0 Å². The van der Waals surface area contributed by atoms with Gasteiger partial charge in [0, 0.05) is 24.6 Å². The van der Waals surface area contributed by atoms with Gasteiger partial charge in [0.15, 0.2) is 11.5 Å². The van der Waals surface area contributed by atoms with Crippen LogP contribution < -0.4 is 17.0 Å². The summed E-state index contributed by atoms with van der Waals surface area (Å²) in [5.41, 5.74) is 5.77. The van der Waals surface area contributed by atoms with Gasteiger partial charge >= 0.3 is 12.4 Å². The topological polar surface area (TPSA) is 222 Å². The first-order valence-corrected chi connectivity index (χ1v) is 14.2. The van der Waals surface area contributed by atoms with E-state index >= 15 is 0 Å². The summed E-state index contributed by atoms with van der Waals surface area (Å²) >= 11 is 5.16. The lowest BCUT2D eigenvalue weighted by Crippen LogP contribution is -2.33. The van der Waals surface area contributed by atoms with Crippen LogP contribution in [0.4, 0.5) is 5.82 Å². The molecule has 2 aliphatic heterocycles. The molecule has 206 valence electrons. The van der Waals surface area contributed by atoms with Crippen molar-refractivity contribution in [2.45, 2.75) is 56.6 Å². The number of nitrogens with two attached hydrogens (primary N) is 1. The van der Waals surface area contributed by atoms with E-state index in [1.807, 2.05) is 0 Å². The maximum atomic E-state index is 12.2. The van der Waals surface area contributed by atoms with E-state index < -0.39 is 61.4 Å². The SMILES string of the molecule is Cc1cn([C@H]2CC(O)[C@@H](COP(O)(=S)OC3CC(n4cnc5c(N)ncnc54)O[C@@H]3CO)O2)c(=O)[nH]c1=O. The number of hydrogen-bond donors (Lipinski definition) is 5. The molecule has 0 saturated carbocycles. The van der Waals surface area contributed by atoms with E-state index in [1.165, 1.54) is 30.3 Å². The zero-order valence-electron chi connectivity index (χ0n) is 20.0. The Balaban J connectivity index is 1.22. The van der Waals surface area contributed by atoms with Crippen LogP contribution in [0.2, 0.25) is 0 Å². The first kappa shape index (κ1) is 27.0. The number of aliphatic hydroxyl groups is 2. The summed E-state index contributed by atoms with van der Waals surface area (Å²) in [6, 6.07) is 0. The average Bonchev–Trinajstić information content (AvgIpc) is 3.57. The number of aliphatic hydroxyl groups excluding tert-OH is 2. The molecule has 2 aliphatic rings. The Kier molecular flexibility index (Phi) is 7.47. The third-order valence-corrected chi connectivity index (χ3v) is 7.98. The van der Waals surface area contributed by atoms with Crippen LogP contribution in [0, 0.1) is 6.92 Å². The Hall–Kier alpha value is -2.60. The lowest BCUT2D eigenvalue weighted by molar-refractivity contribution is -0.0521. The minimum Gasteiger partial charge on any atom is -0.394 e. The normalized spacial score (nSPS) is 29.2. The van der Waals surface area contributed by atoms with Crippen LogP contribution >= 0.6 is 6.72 Å². The summed E-state index contributed by atoms with van der Waals surface area (Å²) in [6.45, 7) is -3.09. The first-order chi connectivity index (χ1) is 18.1. The largest absolute Gasteiger partial charge is 0.394 e. The lowest BCUT2D eigenvalue weighted by Gasteiger charge is -2.24. The summed E-state index contributed by atoms with van der Waals surface area (Å²) < 4.78 is 25.5. The summed E-state index contributed by atoms with van der Waals surface area (Å²) in [5, 5.41) is 20.2. The van der Waals surface area contributed by atoms with Crippen molar-refractivity contribution in [3.8, 4) is 0 Å². The fourth-order valence-corrected chi connectivity index (χ4v) is 5.91. The van der Waals surface area contributed by atoms with Crippen molar-refractivity contribution in [2.75, 3.05) is 18.9 Å². The lowest BCUT2D eigenvalue weighted by atomic mass is 10.2. The molecule has 0 amide bonds. The predicted molar refractivity (Wildman–Crippen MR) is 133 cm³/mol. The number of aryl methyl sites for hydroxylation is 1. The van der Waals surface area contributed by atoms with E-state index in [1.54, 1.807) is 4.57 Å². The van der Waals surface area contributed by atoms with Crippen LogP contribution in [-0.2, 0) is 30.3 Å². The zero-order chi connectivity index (χ0) is 27.2. The number of aromatic nitrogens is 6. The van der Waals surface area contributed by atoms with Crippen LogP contribution in [-0.4, -0.2) is 81.8 Å². The number of H-pyrrole nitrogens is 1. The molecule has 0 bridgehead atoms. The first-order valence-electron chi connectivity index (χ1n) is 11.6. The monoisotopic (exact) mass is 571 g/mol.